The summed E-state index contributed by atoms with van der Waals surface area (Å²) in [4.78, 5) is 12.4. The zero-order valence-electron chi connectivity index (χ0n) is 11.8. The minimum absolute atomic E-state index is 0.176. The fraction of sp³-hybridized carbons (Fsp3) is 0.188. The number of rotatable bonds is 3. The summed E-state index contributed by atoms with van der Waals surface area (Å²) in [6, 6.07) is 9.37. The molecule has 2 aromatic rings. The van der Waals surface area contributed by atoms with Crippen molar-refractivity contribution >= 4 is 17.1 Å². The fourth-order valence-corrected chi connectivity index (χ4v) is 2.21. The molecule has 0 saturated carbocycles. The van der Waals surface area contributed by atoms with Crippen molar-refractivity contribution in [3.63, 3.8) is 0 Å². The molecular weight excluding hydrogens is 264 g/mol. The van der Waals surface area contributed by atoms with Crippen LogP contribution in [0.2, 0.25) is 0 Å². The topological polar surface area (TPSA) is 62.5 Å². The van der Waals surface area contributed by atoms with Gasteiger partial charge < -0.3 is 0 Å². The Morgan fingerprint density at radius 3 is 2.67 bits per heavy atom. The van der Waals surface area contributed by atoms with E-state index in [1.54, 1.807) is 0 Å². The maximum absolute atomic E-state index is 12.4. The number of hydrogen-bond acceptors (Lipinski definition) is 3. The van der Waals surface area contributed by atoms with Gasteiger partial charge in [-0.2, -0.15) is 5.11 Å². The maximum atomic E-state index is 12.4. The van der Waals surface area contributed by atoms with E-state index in [1.165, 1.54) is 4.68 Å². The molecule has 1 aliphatic carbocycles. The van der Waals surface area contributed by atoms with E-state index >= 15 is 0 Å². The van der Waals surface area contributed by atoms with Crippen LogP contribution in [-0.2, 0) is 0 Å². The summed E-state index contributed by atoms with van der Waals surface area (Å²) < 4.78 is 1.52. The Balaban J connectivity index is 1.95. The van der Waals surface area contributed by atoms with Crippen molar-refractivity contribution in [2.24, 2.45) is 10.2 Å². The van der Waals surface area contributed by atoms with Crippen LogP contribution in [0.1, 0.15) is 18.5 Å². The van der Waals surface area contributed by atoms with Crippen LogP contribution in [0.5, 0.6) is 0 Å². The van der Waals surface area contributed by atoms with Crippen molar-refractivity contribution in [1.29, 1.82) is 0 Å². The smallest absolute Gasteiger partial charge is 0.293 e. The predicted octanol–water partition coefficient (Wildman–Crippen LogP) is 4.09. The first-order chi connectivity index (χ1) is 10.3. The van der Waals surface area contributed by atoms with Gasteiger partial charge in [0.15, 0.2) is 5.69 Å². The number of H-pyrrole nitrogens is 1. The zero-order valence-corrected chi connectivity index (χ0v) is 11.8. The van der Waals surface area contributed by atoms with Crippen molar-refractivity contribution in [2.75, 3.05) is 0 Å². The maximum Gasteiger partial charge on any atom is 0.299 e. The Labute approximate surface area is 122 Å². The van der Waals surface area contributed by atoms with Crippen molar-refractivity contribution in [1.82, 2.24) is 9.78 Å². The van der Waals surface area contributed by atoms with Gasteiger partial charge in [-0.05, 0) is 38.0 Å². The lowest BCUT2D eigenvalue weighted by atomic mass is 10.1. The number of azo groups is 1. The van der Waals surface area contributed by atoms with Crippen molar-refractivity contribution in [3.05, 3.63) is 64.6 Å². The van der Waals surface area contributed by atoms with E-state index in [0.29, 0.717) is 11.4 Å². The fourth-order valence-electron chi connectivity index (χ4n) is 2.21. The summed E-state index contributed by atoms with van der Waals surface area (Å²) in [5.41, 5.74) is 2.46. The molecule has 0 aliphatic heterocycles. The van der Waals surface area contributed by atoms with Gasteiger partial charge in [0, 0.05) is 0 Å². The molecule has 0 radical (unpaired) electrons. The summed E-state index contributed by atoms with van der Waals surface area (Å²) in [5, 5.41) is 11.3. The number of nitrogens with one attached hydrogen (secondary N) is 1. The van der Waals surface area contributed by atoms with E-state index in [1.807, 2.05) is 49.4 Å². The van der Waals surface area contributed by atoms with Gasteiger partial charge in [0.05, 0.1) is 17.1 Å². The number of hydrogen-bond donors (Lipinski definition) is 1. The van der Waals surface area contributed by atoms with E-state index < -0.39 is 0 Å². The lowest BCUT2D eigenvalue weighted by molar-refractivity contribution is 0.847. The van der Waals surface area contributed by atoms with Gasteiger partial charge in [0.1, 0.15) is 0 Å². The van der Waals surface area contributed by atoms with Gasteiger partial charge in [-0.25, -0.2) is 4.68 Å². The van der Waals surface area contributed by atoms with Crippen LogP contribution in [0.15, 0.2) is 63.6 Å². The summed E-state index contributed by atoms with van der Waals surface area (Å²) >= 11 is 0. The standard InChI is InChI=1S/C16H16N4O/c1-12-15(18-17-13-8-4-2-5-9-13)16(21)20(19-12)14-10-6-3-7-11-14/h2,4-6,8-11,19H,3,7H2,1H3. The van der Waals surface area contributed by atoms with Crippen LogP contribution >= 0.6 is 0 Å². The summed E-state index contributed by atoms with van der Waals surface area (Å²) in [6.07, 6.45) is 7.99. The van der Waals surface area contributed by atoms with Gasteiger partial charge in [-0.3, -0.25) is 9.89 Å². The van der Waals surface area contributed by atoms with Crippen LogP contribution in [0, 0.1) is 6.92 Å². The molecule has 1 N–H and O–H groups in total. The second kappa shape index (κ2) is 5.75. The largest absolute Gasteiger partial charge is 0.299 e. The van der Waals surface area contributed by atoms with E-state index in [2.05, 4.69) is 21.4 Å². The summed E-state index contributed by atoms with van der Waals surface area (Å²) in [6.45, 7) is 1.82. The van der Waals surface area contributed by atoms with Crippen LogP contribution in [0.3, 0.4) is 0 Å². The average Bonchev–Trinajstić information content (AvgIpc) is 2.82. The molecule has 1 aromatic heterocycles. The first kappa shape index (κ1) is 13.3. The first-order valence-corrected chi connectivity index (χ1v) is 6.91. The molecule has 3 rings (SSSR count). The van der Waals surface area contributed by atoms with Gasteiger partial charge in [0.2, 0.25) is 0 Å². The second-order valence-corrected chi connectivity index (χ2v) is 4.87. The quantitative estimate of drug-likeness (QED) is 0.845. The van der Waals surface area contributed by atoms with Gasteiger partial charge in [-0.15, -0.1) is 5.11 Å². The number of aromatic nitrogens is 2. The van der Waals surface area contributed by atoms with Gasteiger partial charge >= 0.3 is 0 Å². The lowest BCUT2D eigenvalue weighted by Crippen LogP contribution is -2.15. The lowest BCUT2D eigenvalue weighted by Gasteiger charge is -2.06. The number of allylic oxidation sites excluding steroid dienone is 4. The number of benzene rings is 1. The third-order valence-electron chi connectivity index (χ3n) is 3.30. The molecule has 1 aromatic carbocycles. The van der Waals surface area contributed by atoms with Crippen LogP contribution in [-0.4, -0.2) is 9.78 Å². The van der Waals surface area contributed by atoms with Gasteiger partial charge in [0.25, 0.3) is 5.56 Å². The summed E-state index contributed by atoms with van der Waals surface area (Å²) in [5.74, 6) is 0. The zero-order chi connectivity index (χ0) is 14.7. The highest BCUT2D eigenvalue weighted by Gasteiger charge is 2.13. The molecule has 0 amide bonds. The second-order valence-electron chi connectivity index (χ2n) is 4.87. The molecule has 1 heterocycles. The van der Waals surface area contributed by atoms with E-state index in [-0.39, 0.29) is 5.56 Å². The Morgan fingerprint density at radius 1 is 1.14 bits per heavy atom. The molecule has 0 saturated heterocycles. The molecule has 5 heteroatoms. The highest BCUT2D eigenvalue weighted by Crippen LogP contribution is 2.19. The molecule has 0 atom stereocenters. The molecule has 0 fully saturated rings. The molecule has 106 valence electrons. The number of aryl methyl sites for hydroxylation is 1. The Hall–Kier alpha value is -2.69. The first-order valence-electron chi connectivity index (χ1n) is 6.91. The molecule has 21 heavy (non-hydrogen) atoms. The normalized spacial score (nSPS) is 14.6. The van der Waals surface area contributed by atoms with Crippen molar-refractivity contribution in [3.8, 4) is 0 Å². The predicted molar refractivity (Wildman–Crippen MR) is 83.1 cm³/mol. The number of nitrogens with zero attached hydrogens (tertiary/aromatic N) is 3. The van der Waals surface area contributed by atoms with E-state index in [4.69, 9.17) is 0 Å². The van der Waals surface area contributed by atoms with E-state index in [0.717, 1.165) is 24.2 Å². The SMILES string of the molecule is Cc1[nH]n(C2=CCCC=C2)c(=O)c1N=Nc1ccccc1. The molecule has 5 nitrogen and oxygen atoms in total. The minimum Gasteiger partial charge on any atom is -0.293 e. The molecule has 0 unspecified atom stereocenters. The van der Waals surface area contributed by atoms with Gasteiger partial charge in [-0.1, -0.05) is 30.4 Å². The monoisotopic (exact) mass is 280 g/mol. The van der Waals surface area contributed by atoms with Crippen LogP contribution < -0.4 is 5.56 Å². The summed E-state index contributed by atoms with van der Waals surface area (Å²) in [7, 11) is 0. The van der Waals surface area contributed by atoms with Crippen LogP contribution in [0.4, 0.5) is 11.4 Å². The third kappa shape index (κ3) is 2.76. The van der Waals surface area contributed by atoms with Crippen LogP contribution in [0.25, 0.3) is 5.70 Å². The van der Waals surface area contributed by atoms with Crippen molar-refractivity contribution < 1.29 is 0 Å². The van der Waals surface area contributed by atoms with E-state index in [9.17, 15) is 4.79 Å². The Morgan fingerprint density at radius 2 is 1.95 bits per heavy atom. The highest BCUT2D eigenvalue weighted by molar-refractivity contribution is 5.59. The average molecular weight is 280 g/mol. The Kier molecular flexibility index (Phi) is 3.64. The minimum atomic E-state index is -0.176. The molecule has 0 bridgehead atoms. The molecule has 1 aliphatic rings. The number of aromatic amines is 1. The highest BCUT2D eigenvalue weighted by atomic mass is 16.1. The Bertz CT molecular complexity index is 778. The molecule has 0 spiro atoms. The third-order valence-corrected chi connectivity index (χ3v) is 3.30. The molecular formula is C16H16N4O. The van der Waals surface area contributed by atoms with Crippen molar-refractivity contribution in [2.45, 2.75) is 19.8 Å².